The van der Waals surface area contributed by atoms with Crippen molar-refractivity contribution in [3.63, 3.8) is 0 Å². The van der Waals surface area contributed by atoms with E-state index in [1.165, 1.54) is 76.4 Å². The molecular weight excluding hydrogens is 625 g/mol. The van der Waals surface area contributed by atoms with Gasteiger partial charge in [0, 0.05) is 10.8 Å². The minimum absolute atomic E-state index is 0.153. The van der Waals surface area contributed by atoms with E-state index in [1.54, 1.807) is 11.8 Å². The minimum Gasteiger partial charge on any atom is -0.386 e. The van der Waals surface area contributed by atoms with E-state index in [4.69, 9.17) is 19.7 Å². The van der Waals surface area contributed by atoms with Crippen LogP contribution >= 0.6 is 48.8 Å². The lowest BCUT2D eigenvalue weighted by Gasteiger charge is -2.26. The summed E-state index contributed by atoms with van der Waals surface area (Å²) in [4.78, 5) is 0. The molecule has 2 N–H and O–H groups in total. The molecular formula is C36H80O4S4. The number of aliphatic hydroxyl groups is 2. The van der Waals surface area contributed by atoms with Crippen molar-refractivity contribution in [2.45, 2.75) is 160 Å². The summed E-state index contributed by atoms with van der Waals surface area (Å²) in [5.41, 5.74) is 1.64. The quantitative estimate of drug-likeness (QED) is 0.0593. The van der Waals surface area contributed by atoms with Gasteiger partial charge in [0.1, 0.15) is 6.79 Å². The number of hydrogen-bond donors (Lipinski definition) is 4. The lowest BCUT2D eigenvalue weighted by atomic mass is 9.84. The summed E-state index contributed by atoms with van der Waals surface area (Å²) in [6.07, 6.45) is 14.8. The van der Waals surface area contributed by atoms with Gasteiger partial charge in [0.25, 0.3) is 0 Å². The highest BCUT2D eigenvalue weighted by molar-refractivity contribution is 8.09. The Morgan fingerprint density at radius 1 is 0.523 bits per heavy atom. The lowest BCUT2D eigenvalue weighted by Crippen LogP contribution is -2.22. The summed E-state index contributed by atoms with van der Waals surface area (Å²) in [6, 6.07) is 0. The third kappa shape index (κ3) is 31.8. The highest BCUT2D eigenvalue weighted by atomic mass is 32.2. The minimum atomic E-state index is -0.153. The molecule has 0 heterocycles. The summed E-state index contributed by atoms with van der Waals surface area (Å²) < 4.78 is 10.3. The normalized spacial score (nSPS) is 16.4. The molecule has 0 amide bonds. The first-order valence-corrected chi connectivity index (χ1v) is 21.0. The van der Waals surface area contributed by atoms with Gasteiger partial charge in [-0.1, -0.05) is 109 Å². The van der Waals surface area contributed by atoms with Crippen LogP contribution in [-0.4, -0.2) is 58.7 Å². The monoisotopic (exact) mass is 704 g/mol. The third-order valence-corrected chi connectivity index (χ3v) is 11.9. The lowest BCUT2D eigenvalue weighted by molar-refractivity contribution is -0.0431. The van der Waals surface area contributed by atoms with Crippen LogP contribution in [0.5, 0.6) is 0 Å². The molecule has 8 heteroatoms. The Hall–Kier alpha value is 1.24. The van der Waals surface area contributed by atoms with Crippen LogP contribution in [0.2, 0.25) is 0 Å². The van der Waals surface area contributed by atoms with Crippen LogP contribution in [0.1, 0.15) is 160 Å². The molecule has 0 aromatic carbocycles. The fraction of sp³-hybridized carbons (Fsp3) is 1.00. The summed E-state index contributed by atoms with van der Waals surface area (Å²) in [6.45, 7) is 28.3. The van der Waals surface area contributed by atoms with E-state index in [-0.39, 0.29) is 18.1 Å². The first-order chi connectivity index (χ1) is 20.7. The topological polar surface area (TPSA) is 58.9 Å². The van der Waals surface area contributed by atoms with Crippen LogP contribution in [0.4, 0.5) is 0 Å². The fourth-order valence-corrected chi connectivity index (χ4v) is 7.22. The van der Waals surface area contributed by atoms with E-state index in [9.17, 15) is 0 Å². The molecule has 0 aliphatic carbocycles. The van der Waals surface area contributed by atoms with E-state index in [0.29, 0.717) is 28.8 Å². The van der Waals surface area contributed by atoms with Gasteiger partial charge in [-0.2, -0.15) is 37.0 Å². The largest absolute Gasteiger partial charge is 0.386 e. The van der Waals surface area contributed by atoms with Crippen LogP contribution < -0.4 is 0 Å². The Kier molecular flexibility index (Phi) is 40.4. The van der Waals surface area contributed by atoms with Gasteiger partial charge >= 0.3 is 0 Å². The second-order valence-electron chi connectivity index (χ2n) is 13.6. The van der Waals surface area contributed by atoms with Crippen LogP contribution in [0, 0.1) is 21.7 Å². The standard InChI is InChI=1S/C9H20O2.2C9H20OS.C9H20S2/c2*1-4-6-9(3,5-2)7-11-8-10;1-4-6-9(3,5-2)7-10-8-11;1-4-6-9(3,5-2)7-11-8-10/h2*10H,4-8H2,1-3H3;11H,4-8H2,1-3H3;10H,4-8H2,1-3H3. The SMILES string of the molecule is CCCC(C)(CC)COCO.CCCC(C)(CC)COCS.CCCC(C)(CC)CSCO.CCCC(C)(CC)CSCS. The molecule has 0 bridgehead atoms. The summed E-state index contributed by atoms with van der Waals surface area (Å²) >= 11 is 11.8. The molecule has 0 aliphatic rings. The van der Waals surface area contributed by atoms with Crippen molar-refractivity contribution in [1.82, 2.24) is 0 Å². The predicted molar refractivity (Wildman–Crippen MR) is 212 cm³/mol. The molecule has 0 aromatic heterocycles. The Balaban J connectivity index is -0.000000242. The van der Waals surface area contributed by atoms with Gasteiger partial charge in [0.2, 0.25) is 0 Å². The predicted octanol–water partition coefficient (Wildman–Crippen LogP) is 12.0. The summed E-state index contributed by atoms with van der Waals surface area (Å²) in [7, 11) is 0. The first kappa shape index (κ1) is 52.1. The van der Waals surface area contributed by atoms with Crippen molar-refractivity contribution >= 4 is 48.8 Å². The molecule has 272 valence electrons. The van der Waals surface area contributed by atoms with Gasteiger partial charge in [-0.15, -0.1) is 11.8 Å². The molecule has 0 aromatic rings. The zero-order chi connectivity index (χ0) is 35.0. The van der Waals surface area contributed by atoms with E-state index in [0.717, 1.165) is 23.9 Å². The van der Waals surface area contributed by atoms with E-state index >= 15 is 0 Å². The maximum absolute atomic E-state index is 8.66. The molecule has 44 heavy (non-hydrogen) atoms. The second kappa shape index (κ2) is 34.1. The van der Waals surface area contributed by atoms with Crippen LogP contribution in [0.25, 0.3) is 0 Å². The second-order valence-corrected chi connectivity index (χ2v) is 16.5. The molecule has 4 unspecified atom stereocenters. The van der Waals surface area contributed by atoms with Crippen LogP contribution in [0.3, 0.4) is 0 Å². The Morgan fingerprint density at radius 2 is 0.864 bits per heavy atom. The summed E-state index contributed by atoms with van der Waals surface area (Å²) in [5, 5.41) is 18.1. The number of hydrogen-bond acceptors (Lipinski definition) is 8. The number of ether oxygens (including phenoxy) is 2. The number of rotatable bonds is 24. The van der Waals surface area contributed by atoms with Gasteiger partial charge in [-0.25, -0.2) is 0 Å². The van der Waals surface area contributed by atoms with Crippen molar-refractivity contribution in [2.75, 3.05) is 48.5 Å². The molecule has 0 saturated heterocycles. The zero-order valence-corrected chi connectivity index (χ0v) is 35.0. The average Bonchev–Trinajstić information content (AvgIpc) is 3.02. The molecule has 0 spiro atoms. The number of aliphatic hydroxyl groups excluding tert-OH is 2. The van der Waals surface area contributed by atoms with Crippen molar-refractivity contribution in [3.8, 4) is 0 Å². The highest BCUT2D eigenvalue weighted by Gasteiger charge is 2.22. The summed E-state index contributed by atoms with van der Waals surface area (Å²) in [5.74, 6) is 3.16. The molecule has 0 aliphatic heterocycles. The first-order valence-electron chi connectivity index (χ1n) is 17.5. The number of thioether (sulfide) groups is 2. The van der Waals surface area contributed by atoms with Gasteiger partial charge in [-0.3, -0.25) is 0 Å². The van der Waals surface area contributed by atoms with Crippen LogP contribution in [0.15, 0.2) is 0 Å². The van der Waals surface area contributed by atoms with Crippen molar-refractivity contribution in [3.05, 3.63) is 0 Å². The van der Waals surface area contributed by atoms with Crippen molar-refractivity contribution in [1.29, 1.82) is 0 Å². The van der Waals surface area contributed by atoms with Crippen LogP contribution in [-0.2, 0) is 9.47 Å². The van der Waals surface area contributed by atoms with Crippen molar-refractivity contribution < 1.29 is 19.7 Å². The Bertz CT molecular complexity index is 478. The maximum atomic E-state index is 8.66. The molecule has 0 fully saturated rings. The van der Waals surface area contributed by atoms with Gasteiger partial charge in [0.05, 0.1) is 25.1 Å². The average molecular weight is 705 g/mol. The third-order valence-electron chi connectivity index (χ3n) is 9.00. The molecule has 0 radical (unpaired) electrons. The van der Waals surface area contributed by atoms with E-state index in [2.05, 4.69) is 108 Å². The van der Waals surface area contributed by atoms with Gasteiger partial charge in [0.15, 0.2) is 0 Å². The molecule has 0 saturated carbocycles. The highest BCUT2D eigenvalue weighted by Crippen LogP contribution is 2.32. The van der Waals surface area contributed by atoms with Gasteiger partial charge in [-0.05, 0) is 78.8 Å². The fourth-order valence-electron chi connectivity index (χ4n) is 4.99. The van der Waals surface area contributed by atoms with E-state index < -0.39 is 0 Å². The smallest absolute Gasteiger partial charge is 0.143 e. The number of thiol groups is 2. The Morgan fingerprint density at radius 3 is 1.14 bits per heavy atom. The Labute approximate surface area is 297 Å². The van der Waals surface area contributed by atoms with E-state index in [1.807, 2.05) is 11.8 Å². The molecule has 0 rings (SSSR count). The van der Waals surface area contributed by atoms with Gasteiger partial charge < -0.3 is 19.7 Å². The molecule has 4 nitrogen and oxygen atoms in total. The maximum Gasteiger partial charge on any atom is 0.143 e. The zero-order valence-electron chi connectivity index (χ0n) is 31.6. The van der Waals surface area contributed by atoms with Crippen molar-refractivity contribution in [2.24, 2.45) is 21.7 Å². The molecule has 4 atom stereocenters.